The highest BCUT2D eigenvalue weighted by Gasteiger charge is 2.22. The monoisotopic (exact) mass is 215 g/mol. The molecule has 1 unspecified atom stereocenters. The molecule has 0 aromatic heterocycles. The maximum Gasteiger partial charge on any atom is 0.251 e. The molecule has 1 heterocycles. The van der Waals surface area contributed by atoms with Gasteiger partial charge in [-0.05, 0) is 0 Å². The van der Waals surface area contributed by atoms with Crippen LogP contribution in [0.3, 0.4) is 0 Å². The maximum absolute atomic E-state index is 11.5. The Morgan fingerprint density at radius 2 is 2.13 bits per heavy atom. The topological polar surface area (TPSA) is 64.6 Å². The largest absolute Gasteiger partial charge is 0.376 e. The Hall–Kier alpha value is -0.940. The second-order valence-electron chi connectivity index (χ2n) is 3.77. The van der Waals surface area contributed by atoms with E-state index in [2.05, 4.69) is 5.32 Å². The van der Waals surface area contributed by atoms with E-state index < -0.39 is 6.10 Å². The van der Waals surface area contributed by atoms with Crippen LogP contribution in [0.25, 0.3) is 0 Å². The van der Waals surface area contributed by atoms with Crippen LogP contribution in [0, 0.1) is 5.92 Å². The van der Waals surface area contributed by atoms with E-state index in [-0.39, 0.29) is 30.8 Å². The van der Waals surface area contributed by atoms with E-state index in [4.69, 9.17) is 9.47 Å². The van der Waals surface area contributed by atoms with Crippen LogP contribution in [0.5, 0.6) is 0 Å². The van der Waals surface area contributed by atoms with Crippen LogP contribution in [-0.2, 0) is 19.1 Å². The van der Waals surface area contributed by atoms with Gasteiger partial charge in [-0.2, -0.15) is 0 Å². The minimum atomic E-state index is -0.571. The van der Waals surface area contributed by atoms with Gasteiger partial charge in [0.2, 0.25) is 0 Å². The lowest BCUT2D eigenvalue weighted by Gasteiger charge is -2.22. The molecule has 5 nitrogen and oxygen atoms in total. The summed E-state index contributed by atoms with van der Waals surface area (Å²) >= 11 is 0. The number of Topliss-reactive ketones (excluding diaryl/α,β-unsaturated/α-hetero) is 1. The lowest BCUT2D eigenvalue weighted by Crippen LogP contribution is -2.44. The number of carbonyl (C=O) groups excluding carboxylic acids is 2. The summed E-state index contributed by atoms with van der Waals surface area (Å²) in [6.45, 7) is 4.88. The third kappa shape index (κ3) is 3.97. The second kappa shape index (κ2) is 5.82. The summed E-state index contributed by atoms with van der Waals surface area (Å²) in [5.74, 6) is -0.322. The molecular weight excluding hydrogens is 198 g/mol. The Morgan fingerprint density at radius 3 is 2.67 bits per heavy atom. The molecule has 0 aliphatic carbocycles. The van der Waals surface area contributed by atoms with Crippen LogP contribution in [0.2, 0.25) is 0 Å². The number of amides is 1. The summed E-state index contributed by atoms with van der Waals surface area (Å²) < 4.78 is 10.3. The molecule has 1 rings (SSSR count). The quantitative estimate of drug-likeness (QED) is 0.702. The van der Waals surface area contributed by atoms with Crippen molar-refractivity contribution < 1.29 is 19.1 Å². The summed E-state index contributed by atoms with van der Waals surface area (Å²) in [5, 5.41) is 2.54. The van der Waals surface area contributed by atoms with Gasteiger partial charge in [-0.25, -0.2) is 0 Å². The van der Waals surface area contributed by atoms with E-state index >= 15 is 0 Å². The molecule has 1 N–H and O–H groups in total. The van der Waals surface area contributed by atoms with E-state index in [0.29, 0.717) is 13.2 Å². The highest BCUT2D eigenvalue weighted by atomic mass is 16.6. The Kier molecular flexibility index (Phi) is 4.71. The summed E-state index contributed by atoms with van der Waals surface area (Å²) in [6, 6.07) is 0. The lowest BCUT2D eigenvalue weighted by atomic mass is 10.1. The molecule has 1 aliphatic rings. The number of carbonyl (C=O) groups is 2. The molecule has 0 radical (unpaired) electrons. The van der Waals surface area contributed by atoms with Crippen molar-refractivity contribution in [1.82, 2.24) is 5.32 Å². The normalized spacial score (nSPS) is 21.4. The SMILES string of the molecule is CC(C)C(=O)CNC(=O)C1COCCO1. The van der Waals surface area contributed by atoms with Gasteiger partial charge in [-0.1, -0.05) is 13.8 Å². The summed E-state index contributed by atoms with van der Waals surface area (Å²) in [6.07, 6.45) is -0.571. The fraction of sp³-hybridized carbons (Fsp3) is 0.800. The Morgan fingerprint density at radius 1 is 1.40 bits per heavy atom. The summed E-state index contributed by atoms with van der Waals surface area (Å²) in [5.41, 5.74) is 0. The van der Waals surface area contributed by atoms with Gasteiger partial charge < -0.3 is 14.8 Å². The zero-order chi connectivity index (χ0) is 11.3. The number of rotatable bonds is 4. The minimum Gasteiger partial charge on any atom is -0.376 e. The molecule has 1 saturated heterocycles. The van der Waals surface area contributed by atoms with E-state index in [0.717, 1.165) is 0 Å². The van der Waals surface area contributed by atoms with Crippen LogP contribution >= 0.6 is 0 Å². The Balaban J connectivity index is 2.26. The number of ether oxygens (including phenoxy) is 2. The first-order chi connectivity index (χ1) is 7.11. The van der Waals surface area contributed by atoms with E-state index in [9.17, 15) is 9.59 Å². The smallest absolute Gasteiger partial charge is 0.251 e. The average molecular weight is 215 g/mol. The lowest BCUT2D eigenvalue weighted by molar-refractivity contribution is -0.148. The summed E-state index contributed by atoms with van der Waals surface area (Å²) in [4.78, 5) is 22.7. The predicted molar refractivity (Wildman–Crippen MR) is 53.4 cm³/mol. The molecule has 0 saturated carbocycles. The Bertz CT molecular complexity index is 234. The van der Waals surface area contributed by atoms with E-state index in [1.54, 1.807) is 13.8 Å². The molecule has 1 atom stereocenters. The third-order valence-electron chi connectivity index (χ3n) is 2.19. The van der Waals surface area contributed by atoms with Crippen LogP contribution in [0.15, 0.2) is 0 Å². The maximum atomic E-state index is 11.5. The molecular formula is C10H17NO4. The molecule has 0 aromatic carbocycles. The van der Waals surface area contributed by atoms with Crippen molar-refractivity contribution in [3.05, 3.63) is 0 Å². The van der Waals surface area contributed by atoms with Crippen LogP contribution in [-0.4, -0.2) is 44.2 Å². The molecule has 1 amide bonds. The van der Waals surface area contributed by atoms with E-state index in [1.807, 2.05) is 0 Å². The van der Waals surface area contributed by atoms with Gasteiger partial charge in [0, 0.05) is 5.92 Å². The van der Waals surface area contributed by atoms with Crippen molar-refractivity contribution in [3.8, 4) is 0 Å². The molecule has 0 spiro atoms. The first kappa shape index (κ1) is 12.1. The van der Waals surface area contributed by atoms with Crippen molar-refractivity contribution >= 4 is 11.7 Å². The predicted octanol–water partition coefficient (Wildman–Crippen LogP) is -0.257. The van der Waals surface area contributed by atoms with Crippen molar-refractivity contribution in [3.63, 3.8) is 0 Å². The first-order valence-corrected chi connectivity index (χ1v) is 5.11. The Labute approximate surface area is 89.1 Å². The first-order valence-electron chi connectivity index (χ1n) is 5.11. The van der Waals surface area contributed by atoms with Crippen molar-refractivity contribution in [2.24, 2.45) is 5.92 Å². The van der Waals surface area contributed by atoms with Crippen molar-refractivity contribution in [2.45, 2.75) is 20.0 Å². The zero-order valence-corrected chi connectivity index (χ0v) is 9.12. The van der Waals surface area contributed by atoms with Crippen molar-refractivity contribution in [2.75, 3.05) is 26.4 Å². The molecule has 1 aliphatic heterocycles. The van der Waals surface area contributed by atoms with E-state index in [1.165, 1.54) is 0 Å². The number of ketones is 1. The number of hydrogen-bond acceptors (Lipinski definition) is 4. The molecule has 86 valence electrons. The second-order valence-corrected chi connectivity index (χ2v) is 3.77. The van der Waals surface area contributed by atoms with Gasteiger partial charge in [0.1, 0.15) is 0 Å². The van der Waals surface area contributed by atoms with Crippen LogP contribution in [0.4, 0.5) is 0 Å². The number of hydrogen-bond donors (Lipinski definition) is 1. The van der Waals surface area contributed by atoms with Crippen molar-refractivity contribution in [1.29, 1.82) is 0 Å². The average Bonchev–Trinajstić information content (AvgIpc) is 2.26. The molecule has 15 heavy (non-hydrogen) atoms. The zero-order valence-electron chi connectivity index (χ0n) is 9.12. The molecule has 5 heteroatoms. The number of nitrogens with one attached hydrogen (secondary N) is 1. The fourth-order valence-electron chi connectivity index (χ4n) is 1.13. The third-order valence-corrected chi connectivity index (χ3v) is 2.19. The van der Waals surface area contributed by atoms with Gasteiger partial charge >= 0.3 is 0 Å². The van der Waals surface area contributed by atoms with Gasteiger partial charge in [0.15, 0.2) is 11.9 Å². The highest BCUT2D eigenvalue weighted by molar-refractivity contribution is 5.88. The minimum absolute atomic E-state index is 0.0140. The molecule has 0 bridgehead atoms. The molecule has 0 aromatic rings. The van der Waals surface area contributed by atoms with Gasteiger partial charge in [0.25, 0.3) is 5.91 Å². The highest BCUT2D eigenvalue weighted by Crippen LogP contribution is 2.00. The van der Waals surface area contributed by atoms with Crippen LogP contribution in [0.1, 0.15) is 13.8 Å². The van der Waals surface area contributed by atoms with Gasteiger partial charge in [-0.3, -0.25) is 9.59 Å². The van der Waals surface area contributed by atoms with Crippen LogP contribution < -0.4 is 5.32 Å². The van der Waals surface area contributed by atoms with Gasteiger partial charge in [0.05, 0.1) is 26.4 Å². The molecule has 1 fully saturated rings. The summed E-state index contributed by atoms with van der Waals surface area (Å²) in [7, 11) is 0. The standard InChI is InChI=1S/C10H17NO4/c1-7(2)8(12)5-11-10(13)9-6-14-3-4-15-9/h7,9H,3-6H2,1-2H3,(H,11,13). The fourth-order valence-corrected chi connectivity index (χ4v) is 1.13. The van der Waals surface area contributed by atoms with Gasteiger partial charge in [-0.15, -0.1) is 0 Å².